The number of nitrogens with zero attached hydrogens (tertiary/aromatic N) is 6. The Morgan fingerprint density at radius 3 is 2.81 bits per heavy atom. The lowest BCUT2D eigenvalue weighted by Crippen LogP contribution is -2.14. The van der Waals surface area contributed by atoms with E-state index in [2.05, 4.69) is 20.1 Å². The predicted octanol–water partition coefficient (Wildman–Crippen LogP) is 1.85. The van der Waals surface area contributed by atoms with Crippen LogP contribution in [0.2, 0.25) is 5.15 Å². The van der Waals surface area contributed by atoms with Crippen LogP contribution in [0.4, 0.5) is 10.3 Å². The minimum atomic E-state index is -0.446. The Kier molecular flexibility index (Phi) is 4.08. The quantitative estimate of drug-likeness (QED) is 0.540. The second-order valence-electron chi connectivity index (χ2n) is 5.87. The molecule has 4 heterocycles. The second kappa shape index (κ2) is 6.44. The van der Waals surface area contributed by atoms with Crippen LogP contribution in [-0.4, -0.2) is 29.1 Å². The summed E-state index contributed by atoms with van der Waals surface area (Å²) < 4.78 is 16.6. The first kappa shape index (κ1) is 17.1. The van der Waals surface area contributed by atoms with E-state index < -0.39 is 5.82 Å². The third-order valence-electron chi connectivity index (χ3n) is 4.05. The van der Waals surface area contributed by atoms with Gasteiger partial charge in [0.15, 0.2) is 11.5 Å². The molecular weight excluding hydrogens is 373 g/mol. The topological polar surface area (TPSA) is 104 Å². The van der Waals surface area contributed by atoms with E-state index in [9.17, 15) is 9.18 Å². The van der Waals surface area contributed by atoms with Crippen LogP contribution < -0.4 is 11.3 Å². The van der Waals surface area contributed by atoms with Crippen LogP contribution >= 0.6 is 11.6 Å². The lowest BCUT2D eigenvalue weighted by atomic mass is 10.1. The first-order valence-electron chi connectivity index (χ1n) is 7.91. The normalized spacial score (nSPS) is 11.2. The molecule has 0 saturated heterocycles. The van der Waals surface area contributed by atoms with Crippen molar-refractivity contribution in [1.82, 2.24) is 29.1 Å². The first-order chi connectivity index (χ1) is 12.9. The number of hydrogen-bond acceptors (Lipinski definition) is 6. The number of aromatic nitrogens is 6. The van der Waals surface area contributed by atoms with E-state index in [0.29, 0.717) is 22.6 Å². The summed E-state index contributed by atoms with van der Waals surface area (Å²) in [6.45, 7) is 0. The van der Waals surface area contributed by atoms with Crippen molar-refractivity contribution in [3.05, 3.63) is 69.5 Å². The maximum Gasteiger partial charge on any atom is 0.250 e. The van der Waals surface area contributed by atoms with Crippen LogP contribution in [0.25, 0.3) is 16.8 Å². The highest BCUT2D eigenvalue weighted by atomic mass is 35.5. The molecule has 0 amide bonds. The minimum Gasteiger partial charge on any atom is -0.368 e. The van der Waals surface area contributed by atoms with Crippen molar-refractivity contribution in [3.8, 4) is 11.1 Å². The summed E-state index contributed by atoms with van der Waals surface area (Å²) in [5.41, 5.74) is 7.43. The molecular formula is C17H13ClFN7O. The number of nitrogen functional groups attached to an aromatic ring is 1. The molecule has 0 fully saturated rings. The van der Waals surface area contributed by atoms with Crippen molar-refractivity contribution in [1.29, 1.82) is 0 Å². The average Bonchev–Trinajstić information content (AvgIpc) is 3.04. The van der Waals surface area contributed by atoms with E-state index in [4.69, 9.17) is 17.3 Å². The molecule has 27 heavy (non-hydrogen) atoms. The Morgan fingerprint density at radius 2 is 2.07 bits per heavy atom. The Bertz CT molecular complexity index is 1230. The number of fused-ring (bicyclic) bond motifs is 1. The molecule has 0 atom stereocenters. The van der Waals surface area contributed by atoms with Crippen LogP contribution in [0.15, 0.2) is 41.5 Å². The zero-order valence-electron chi connectivity index (χ0n) is 14.1. The van der Waals surface area contributed by atoms with E-state index in [1.165, 1.54) is 33.5 Å². The van der Waals surface area contributed by atoms with Gasteiger partial charge < -0.3 is 10.3 Å². The van der Waals surface area contributed by atoms with Crippen molar-refractivity contribution in [2.24, 2.45) is 7.05 Å². The van der Waals surface area contributed by atoms with Gasteiger partial charge in [0.1, 0.15) is 11.0 Å². The fraction of sp³-hybridized carbons (Fsp3) is 0.118. The molecule has 8 nitrogen and oxygen atoms in total. The number of pyridine rings is 2. The van der Waals surface area contributed by atoms with Gasteiger partial charge in [-0.05, 0) is 18.2 Å². The molecule has 0 aliphatic carbocycles. The summed E-state index contributed by atoms with van der Waals surface area (Å²) in [6, 6.07) is 5.86. The van der Waals surface area contributed by atoms with Gasteiger partial charge in [-0.25, -0.2) is 14.4 Å². The highest BCUT2D eigenvalue weighted by Crippen LogP contribution is 2.30. The smallest absolute Gasteiger partial charge is 0.250 e. The van der Waals surface area contributed by atoms with Gasteiger partial charge >= 0.3 is 0 Å². The van der Waals surface area contributed by atoms with Crippen LogP contribution in [0.3, 0.4) is 0 Å². The highest BCUT2D eigenvalue weighted by Gasteiger charge is 2.19. The van der Waals surface area contributed by atoms with Crippen molar-refractivity contribution < 1.29 is 4.39 Å². The highest BCUT2D eigenvalue weighted by molar-refractivity contribution is 6.33. The minimum absolute atomic E-state index is 0.0452. The summed E-state index contributed by atoms with van der Waals surface area (Å²) >= 11 is 6.30. The monoisotopic (exact) mass is 385 g/mol. The molecule has 0 aliphatic rings. The Labute approximate surface area is 157 Å². The van der Waals surface area contributed by atoms with Gasteiger partial charge in [0.05, 0.1) is 17.7 Å². The van der Waals surface area contributed by atoms with Crippen molar-refractivity contribution >= 4 is 23.2 Å². The molecule has 10 heteroatoms. The Hall–Kier alpha value is -3.33. The number of nitrogens with two attached hydrogens (primary N) is 1. The molecule has 0 radical (unpaired) electrons. The van der Waals surface area contributed by atoms with Gasteiger partial charge in [0.25, 0.3) is 0 Å². The van der Waals surface area contributed by atoms with E-state index in [1.54, 1.807) is 19.3 Å². The van der Waals surface area contributed by atoms with E-state index >= 15 is 0 Å². The SMILES string of the molecule is Cn1cc(-c2c(Cl)nc(N)n3nc(Cc4ncccc4F)nc23)ccc1=O. The molecule has 0 aliphatic heterocycles. The Morgan fingerprint density at radius 1 is 1.26 bits per heavy atom. The lowest BCUT2D eigenvalue weighted by Gasteiger charge is -2.08. The van der Waals surface area contributed by atoms with Crippen LogP contribution in [0.1, 0.15) is 11.5 Å². The summed E-state index contributed by atoms with van der Waals surface area (Å²) in [7, 11) is 1.63. The van der Waals surface area contributed by atoms with Crippen LogP contribution in [0, 0.1) is 5.82 Å². The lowest BCUT2D eigenvalue weighted by molar-refractivity contribution is 0.601. The zero-order valence-corrected chi connectivity index (χ0v) is 14.9. The largest absolute Gasteiger partial charge is 0.368 e. The van der Waals surface area contributed by atoms with Gasteiger partial charge in [-0.3, -0.25) is 9.78 Å². The van der Waals surface area contributed by atoms with Gasteiger partial charge in [-0.15, -0.1) is 5.10 Å². The summed E-state index contributed by atoms with van der Waals surface area (Å²) in [5.74, 6) is -0.0861. The zero-order chi connectivity index (χ0) is 19.1. The molecule has 136 valence electrons. The molecule has 0 bridgehead atoms. The summed E-state index contributed by atoms with van der Waals surface area (Å²) in [4.78, 5) is 24.2. The first-order valence-corrected chi connectivity index (χ1v) is 8.29. The predicted molar refractivity (Wildman–Crippen MR) is 97.9 cm³/mol. The average molecular weight is 386 g/mol. The van der Waals surface area contributed by atoms with Gasteiger partial charge in [0.2, 0.25) is 11.5 Å². The molecule has 0 spiro atoms. The van der Waals surface area contributed by atoms with Gasteiger partial charge in [-0.1, -0.05) is 11.6 Å². The van der Waals surface area contributed by atoms with Gasteiger partial charge in [0, 0.05) is 31.1 Å². The molecule has 2 N–H and O–H groups in total. The van der Waals surface area contributed by atoms with Crippen molar-refractivity contribution in [3.63, 3.8) is 0 Å². The number of halogens is 2. The summed E-state index contributed by atoms with van der Waals surface area (Å²) in [6.07, 6.45) is 3.20. The number of rotatable bonds is 3. The van der Waals surface area contributed by atoms with E-state index in [1.807, 2.05) is 0 Å². The molecule has 4 aromatic rings. The fourth-order valence-electron chi connectivity index (χ4n) is 2.74. The van der Waals surface area contributed by atoms with Gasteiger partial charge in [-0.2, -0.15) is 4.52 Å². The number of anilines is 1. The third kappa shape index (κ3) is 3.02. The molecule has 0 unspecified atom stereocenters. The van der Waals surface area contributed by atoms with Crippen molar-refractivity contribution in [2.45, 2.75) is 6.42 Å². The van der Waals surface area contributed by atoms with Crippen LogP contribution in [-0.2, 0) is 13.5 Å². The summed E-state index contributed by atoms with van der Waals surface area (Å²) in [5, 5.41) is 4.43. The standard InChI is InChI=1S/C17H13ClFN7O/c1-25-8-9(4-5-13(25)27)14-15(18)23-17(20)26-16(14)22-12(24-26)7-11-10(19)3-2-6-21-11/h2-6,8H,7H2,1H3,(H2,20,23). The maximum atomic E-state index is 13.9. The second-order valence-corrected chi connectivity index (χ2v) is 6.23. The molecule has 0 saturated carbocycles. The third-order valence-corrected chi connectivity index (χ3v) is 4.32. The number of hydrogen-bond donors (Lipinski definition) is 1. The fourth-order valence-corrected chi connectivity index (χ4v) is 3.02. The Balaban J connectivity index is 1.89. The van der Waals surface area contributed by atoms with E-state index in [-0.39, 0.29) is 28.8 Å². The van der Waals surface area contributed by atoms with Crippen molar-refractivity contribution in [2.75, 3.05) is 5.73 Å². The maximum absolute atomic E-state index is 13.9. The molecule has 4 aromatic heterocycles. The molecule has 4 rings (SSSR count). The van der Waals surface area contributed by atoms with Crippen LogP contribution in [0.5, 0.6) is 0 Å². The molecule has 0 aromatic carbocycles. The van der Waals surface area contributed by atoms with E-state index in [0.717, 1.165) is 0 Å². The number of aryl methyl sites for hydroxylation is 1.